The fourth-order valence-corrected chi connectivity index (χ4v) is 4.64. The van der Waals surface area contributed by atoms with Crippen LogP contribution in [0.15, 0.2) is 30.3 Å². The quantitative estimate of drug-likeness (QED) is 0.685. The lowest BCUT2D eigenvalue weighted by Crippen LogP contribution is -2.50. The van der Waals surface area contributed by atoms with Crippen molar-refractivity contribution in [1.29, 1.82) is 0 Å². The van der Waals surface area contributed by atoms with Crippen molar-refractivity contribution in [1.82, 2.24) is 19.4 Å². The van der Waals surface area contributed by atoms with E-state index >= 15 is 0 Å². The Hall–Kier alpha value is -2.67. The van der Waals surface area contributed by atoms with Crippen molar-refractivity contribution in [2.45, 2.75) is 20.8 Å². The number of thiazole rings is 1. The van der Waals surface area contributed by atoms with Crippen LogP contribution >= 0.6 is 11.3 Å². The molecule has 0 bridgehead atoms. The third-order valence-electron chi connectivity index (χ3n) is 5.10. The average Bonchev–Trinajstić information content (AvgIpc) is 3.22. The maximum absolute atomic E-state index is 12.9. The van der Waals surface area contributed by atoms with Crippen LogP contribution in [0.25, 0.3) is 15.3 Å². The molecule has 3 aromatic rings. The molecule has 1 fully saturated rings. The molecular weight excluding hydrogens is 360 g/mol. The first-order valence-corrected chi connectivity index (χ1v) is 9.86. The molecule has 0 aliphatic carbocycles. The fourth-order valence-electron chi connectivity index (χ4n) is 3.52. The molecule has 2 aromatic heterocycles. The van der Waals surface area contributed by atoms with Crippen molar-refractivity contribution in [2.24, 2.45) is 0 Å². The molecule has 27 heavy (non-hydrogen) atoms. The molecule has 4 rings (SSSR count). The lowest BCUT2D eigenvalue weighted by Gasteiger charge is -2.34. The SMILES string of the molecule is CC(=O)N1CCN(C(=O)c2ccc3nc(-n4c(C)ccc4C)sc3c2)CC1. The first-order chi connectivity index (χ1) is 12.9. The Morgan fingerprint density at radius 3 is 2.22 bits per heavy atom. The van der Waals surface area contributed by atoms with Crippen LogP contribution in [-0.4, -0.2) is 57.3 Å². The van der Waals surface area contributed by atoms with Gasteiger partial charge < -0.3 is 9.80 Å². The summed E-state index contributed by atoms with van der Waals surface area (Å²) in [5.41, 5.74) is 3.87. The smallest absolute Gasteiger partial charge is 0.254 e. The van der Waals surface area contributed by atoms with Gasteiger partial charge in [0.15, 0.2) is 5.13 Å². The van der Waals surface area contributed by atoms with Gasteiger partial charge in [-0.2, -0.15) is 0 Å². The van der Waals surface area contributed by atoms with E-state index in [-0.39, 0.29) is 11.8 Å². The van der Waals surface area contributed by atoms with Crippen LogP contribution in [-0.2, 0) is 4.79 Å². The van der Waals surface area contributed by atoms with Gasteiger partial charge in [-0.15, -0.1) is 0 Å². The Balaban J connectivity index is 1.59. The molecule has 1 aliphatic rings. The molecule has 140 valence electrons. The van der Waals surface area contributed by atoms with E-state index in [1.807, 2.05) is 23.1 Å². The topological polar surface area (TPSA) is 58.4 Å². The molecule has 0 N–H and O–H groups in total. The highest BCUT2D eigenvalue weighted by Gasteiger charge is 2.23. The lowest BCUT2D eigenvalue weighted by atomic mass is 10.1. The van der Waals surface area contributed by atoms with Gasteiger partial charge in [-0.3, -0.25) is 14.2 Å². The summed E-state index contributed by atoms with van der Waals surface area (Å²) in [7, 11) is 0. The molecule has 2 amide bonds. The maximum Gasteiger partial charge on any atom is 0.254 e. The van der Waals surface area contributed by atoms with Gasteiger partial charge in [0.2, 0.25) is 5.91 Å². The summed E-state index contributed by atoms with van der Waals surface area (Å²) in [6.45, 7) is 8.04. The van der Waals surface area contributed by atoms with Crippen LogP contribution in [0, 0.1) is 13.8 Å². The molecule has 6 nitrogen and oxygen atoms in total. The largest absolute Gasteiger partial charge is 0.339 e. The minimum absolute atomic E-state index is 0.0170. The van der Waals surface area contributed by atoms with Crippen LogP contribution in [0.3, 0.4) is 0 Å². The van der Waals surface area contributed by atoms with Gasteiger partial charge in [-0.25, -0.2) is 4.98 Å². The van der Waals surface area contributed by atoms with Gasteiger partial charge in [0.25, 0.3) is 5.91 Å². The van der Waals surface area contributed by atoms with Gasteiger partial charge in [0.05, 0.1) is 10.2 Å². The molecule has 0 atom stereocenters. The Bertz CT molecular complexity index is 1010. The second kappa shape index (κ2) is 6.81. The minimum atomic E-state index is 0.0170. The predicted molar refractivity (Wildman–Crippen MR) is 107 cm³/mol. The molecule has 1 aliphatic heterocycles. The van der Waals surface area contributed by atoms with Crippen LogP contribution in [0.4, 0.5) is 0 Å². The summed E-state index contributed by atoms with van der Waals surface area (Å²) in [4.78, 5) is 32.7. The van der Waals surface area contributed by atoms with E-state index in [0.29, 0.717) is 31.7 Å². The standard InChI is InChI=1S/C20H22N4O2S/c1-13-4-5-14(2)24(13)20-21-17-7-6-16(12-18(17)27-20)19(26)23-10-8-22(9-11-23)15(3)25/h4-7,12H,8-11H2,1-3H3. The van der Waals surface area contributed by atoms with Crippen molar-refractivity contribution in [2.75, 3.05) is 26.2 Å². The molecule has 0 radical (unpaired) electrons. The van der Waals surface area contributed by atoms with E-state index in [2.05, 4.69) is 30.5 Å². The van der Waals surface area contributed by atoms with Gasteiger partial charge >= 0.3 is 0 Å². The van der Waals surface area contributed by atoms with Crippen LogP contribution in [0.1, 0.15) is 28.7 Å². The second-order valence-electron chi connectivity index (χ2n) is 6.93. The third-order valence-corrected chi connectivity index (χ3v) is 6.10. The molecule has 0 spiro atoms. The van der Waals surface area contributed by atoms with E-state index < -0.39 is 0 Å². The highest BCUT2D eigenvalue weighted by atomic mass is 32.1. The Kier molecular flexibility index (Phi) is 4.47. The van der Waals surface area contributed by atoms with Crippen molar-refractivity contribution in [3.63, 3.8) is 0 Å². The number of hydrogen-bond donors (Lipinski definition) is 0. The number of carbonyl (C=O) groups is 2. The molecule has 0 unspecified atom stereocenters. The summed E-state index contributed by atoms with van der Waals surface area (Å²) in [6, 6.07) is 9.86. The summed E-state index contributed by atoms with van der Waals surface area (Å²) in [6.07, 6.45) is 0. The van der Waals surface area contributed by atoms with Gasteiger partial charge in [-0.05, 0) is 44.2 Å². The zero-order valence-corrected chi connectivity index (χ0v) is 16.5. The van der Waals surface area contributed by atoms with Crippen molar-refractivity contribution in [3.8, 4) is 5.13 Å². The maximum atomic E-state index is 12.9. The van der Waals surface area contributed by atoms with E-state index in [1.165, 1.54) is 0 Å². The summed E-state index contributed by atoms with van der Waals surface area (Å²) in [5.74, 6) is 0.0830. The van der Waals surface area contributed by atoms with E-state index in [1.54, 1.807) is 23.2 Å². The number of piperazine rings is 1. The number of rotatable bonds is 2. The number of nitrogens with zero attached hydrogens (tertiary/aromatic N) is 4. The molecule has 1 saturated heterocycles. The average molecular weight is 382 g/mol. The van der Waals surface area contributed by atoms with Gasteiger partial charge in [-0.1, -0.05) is 11.3 Å². The number of hydrogen-bond acceptors (Lipinski definition) is 4. The Labute approximate surface area is 162 Å². The minimum Gasteiger partial charge on any atom is -0.339 e. The zero-order valence-electron chi connectivity index (χ0n) is 15.7. The monoisotopic (exact) mass is 382 g/mol. The first-order valence-electron chi connectivity index (χ1n) is 9.05. The number of aryl methyl sites for hydroxylation is 2. The van der Waals surface area contributed by atoms with Gasteiger partial charge in [0, 0.05) is 50.1 Å². The van der Waals surface area contributed by atoms with E-state index in [4.69, 9.17) is 4.98 Å². The summed E-state index contributed by atoms with van der Waals surface area (Å²) >= 11 is 1.59. The molecule has 0 saturated carbocycles. The lowest BCUT2D eigenvalue weighted by molar-refractivity contribution is -0.130. The predicted octanol–water partition coefficient (Wildman–Crippen LogP) is 3.01. The highest BCUT2D eigenvalue weighted by Crippen LogP contribution is 2.28. The van der Waals surface area contributed by atoms with Gasteiger partial charge in [0.1, 0.15) is 0 Å². The number of amides is 2. The molecule has 7 heteroatoms. The number of fused-ring (bicyclic) bond motifs is 1. The first kappa shape index (κ1) is 17.7. The third kappa shape index (κ3) is 3.23. The fraction of sp³-hybridized carbons (Fsp3) is 0.350. The molecule has 3 heterocycles. The van der Waals surface area contributed by atoms with E-state index in [9.17, 15) is 9.59 Å². The Morgan fingerprint density at radius 2 is 1.59 bits per heavy atom. The number of aromatic nitrogens is 2. The molecule has 1 aromatic carbocycles. The Morgan fingerprint density at radius 1 is 0.963 bits per heavy atom. The number of benzene rings is 1. The van der Waals surface area contributed by atoms with Crippen molar-refractivity contribution in [3.05, 3.63) is 47.3 Å². The highest BCUT2D eigenvalue weighted by molar-refractivity contribution is 7.20. The normalized spacial score (nSPS) is 14.8. The van der Waals surface area contributed by atoms with Crippen molar-refractivity contribution < 1.29 is 9.59 Å². The van der Waals surface area contributed by atoms with Crippen LogP contribution < -0.4 is 0 Å². The molecular formula is C20H22N4O2S. The van der Waals surface area contributed by atoms with Crippen LogP contribution in [0.5, 0.6) is 0 Å². The number of carbonyl (C=O) groups excluding carboxylic acids is 2. The second-order valence-corrected chi connectivity index (χ2v) is 7.94. The van der Waals surface area contributed by atoms with E-state index in [0.717, 1.165) is 26.7 Å². The zero-order chi connectivity index (χ0) is 19.1. The van der Waals surface area contributed by atoms with Crippen LogP contribution in [0.2, 0.25) is 0 Å². The summed E-state index contributed by atoms with van der Waals surface area (Å²) in [5, 5.41) is 0.921. The summed E-state index contributed by atoms with van der Waals surface area (Å²) < 4.78 is 3.14. The van der Waals surface area contributed by atoms with Crippen molar-refractivity contribution >= 4 is 33.4 Å².